The van der Waals surface area contributed by atoms with Crippen LogP contribution < -0.4 is 9.47 Å². The highest BCUT2D eigenvalue weighted by atomic mass is 19.1. The highest BCUT2D eigenvalue weighted by Gasteiger charge is 2.28. The summed E-state index contributed by atoms with van der Waals surface area (Å²) in [5, 5.41) is 0. The van der Waals surface area contributed by atoms with E-state index in [9.17, 15) is 9.18 Å². The van der Waals surface area contributed by atoms with E-state index in [0.717, 1.165) is 5.56 Å². The molecule has 1 aliphatic heterocycles. The van der Waals surface area contributed by atoms with Crippen molar-refractivity contribution in [2.75, 3.05) is 27.3 Å². The second-order valence-corrected chi connectivity index (χ2v) is 7.39. The predicted molar refractivity (Wildman–Crippen MR) is 99.2 cm³/mol. The number of carbonyl (C=O) groups excluding carboxylic acids is 1. The molecule has 1 saturated heterocycles. The lowest BCUT2D eigenvalue weighted by atomic mass is 9.94. The number of hydrogen-bond donors (Lipinski definition) is 0. The number of allylic oxidation sites excluding steroid dienone is 1. The number of benzene rings is 1. The fourth-order valence-electron chi connectivity index (χ4n) is 2.88. The minimum atomic E-state index is -0.521. The van der Waals surface area contributed by atoms with Gasteiger partial charge in [0.1, 0.15) is 11.4 Å². The van der Waals surface area contributed by atoms with Gasteiger partial charge < -0.3 is 19.1 Å². The molecule has 0 bridgehead atoms. The van der Waals surface area contributed by atoms with Gasteiger partial charge in [-0.25, -0.2) is 9.18 Å². The molecule has 0 radical (unpaired) electrons. The molecule has 0 N–H and O–H groups in total. The summed E-state index contributed by atoms with van der Waals surface area (Å²) in [5.41, 5.74) is 0.196. The highest BCUT2D eigenvalue weighted by molar-refractivity contribution is 5.68. The first-order valence-corrected chi connectivity index (χ1v) is 8.80. The second-order valence-electron chi connectivity index (χ2n) is 7.39. The number of halogens is 1. The van der Waals surface area contributed by atoms with E-state index in [1.54, 1.807) is 37.3 Å². The van der Waals surface area contributed by atoms with Crippen LogP contribution in [-0.4, -0.2) is 43.9 Å². The molecule has 0 aliphatic carbocycles. The normalized spacial score (nSPS) is 16.4. The maximum atomic E-state index is 14.6. The number of piperidine rings is 1. The van der Waals surface area contributed by atoms with Crippen molar-refractivity contribution in [3.8, 4) is 11.5 Å². The zero-order valence-electron chi connectivity index (χ0n) is 16.2. The Balaban J connectivity index is 1.98. The molecule has 0 atom stereocenters. The number of rotatable bonds is 4. The largest absolute Gasteiger partial charge is 0.493 e. The Morgan fingerprint density at radius 2 is 1.77 bits per heavy atom. The van der Waals surface area contributed by atoms with Gasteiger partial charge in [0.05, 0.1) is 14.2 Å². The molecule has 2 rings (SSSR count). The molecular weight excluding hydrogens is 337 g/mol. The number of carbonyl (C=O) groups is 1. The van der Waals surface area contributed by atoms with Gasteiger partial charge in [-0.05, 0) is 57.4 Å². The number of hydrogen-bond acceptors (Lipinski definition) is 4. The minimum Gasteiger partial charge on any atom is -0.493 e. The van der Waals surface area contributed by atoms with Gasteiger partial charge in [-0.2, -0.15) is 0 Å². The van der Waals surface area contributed by atoms with Crippen molar-refractivity contribution in [2.45, 2.75) is 39.2 Å². The molecule has 26 heavy (non-hydrogen) atoms. The van der Waals surface area contributed by atoms with Crippen LogP contribution in [-0.2, 0) is 4.74 Å². The number of likely N-dealkylation sites (tertiary alicyclic amines) is 1. The van der Waals surface area contributed by atoms with Crippen LogP contribution >= 0.6 is 0 Å². The zero-order chi connectivity index (χ0) is 19.3. The van der Waals surface area contributed by atoms with Crippen molar-refractivity contribution in [3.63, 3.8) is 0 Å². The number of ether oxygens (including phenoxy) is 3. The van der Waals surface area contributed by atoms with Gasteiger partial charge >= 0.3 is 6.09 Å². The number of amides is 1. The van der Waals surface area contributed by atoms with Gasteiger partial charge in [-0.15, -0.1) is 0 Å². The summed E-state index contributed by atoms with van der Waals surface area (Å²) < 4.78 is 30.5. The standard InChI is InChI=1S/C20H28FNO4/c1-20(2,3)26-19(23)22-10-8-15(9-11-22)16(21)12-14-6-7-17(24-4)18(13-14)25-5/h6-7,12-13,15H,8-11H2,1-5H3/b16-12-. The van der Waals surface area contributed by atoms with Crippen molar-refractivity contribution < 1.29 is 23.4 Å². The van der Waals surface area contributed by atoms with Crippen LogP contribution in [0.25, 0.3) is 6.08 Å². The number of nitrogens with zero attached hydrogens (tertiary/aromatic N) is 1. The lowest BCUT2D eigenvalue weighted by Crippen LogP contribution is -2.41. The Kier molecular flexibility index (Phi) is 6.51. The molecule has 144 valence electrons. The van der Waals surface area contributed by atoms with E-state index < -0.39 is 5.60 Å². The van der Waals surface area contributed by atoms with Crippen molar-refractivity contribution >= 4 is 12.2 Å². The SMILES string of the molecule is COc1ccc(/C=C(\F)C2CCN(C(=O)OC(C)(C)C)CC2)cc1OC. The summed E-state index contributed by atoms with van der Waals surface area (Å²) in [5.74, 6) is 0.798. The Hall–Kier alpha value is -2.24. The molecule has 1 amide bonds. The van der Waals surface area contributed by atoms with Crippen LogP contribution in [0.15, 0.2) is 24.0 Å². The van der Waals surface area contributed by atoms with Gasteiger partial charge in [0, 0.05) is 19.0 Å². The summed E-state index contributed by atoms with van der Waals surface area (Å²) in [4.78, 5) is 13.7. The van der Waals surface area contributed by atoms with Crippen molar-refractivity contribution in [2.24, 2.45) is 5.92 Å². The smallest absolute Gasteiger partial charge is 0.410 e. The van der Waals surface area contributed by atoms with Crippen LogP contribution in [0.2, 0.25) is 0 Å². The third-order valence-corrected chi connectivity index (χ3v) is 4.25. The fourth-order valence-corrected chi connectivity index (χ4v) is 2.88. The maximum absolute atomic E-state index is 14.6. The molecule has 1 fully saturated rings. The summed E-state index contributed by atoms with van der Waals surface area (Å²) in [7, 11) is 3.11. The third-order valence-electron chi connectivity index (χ3n) is 4.25. The van der Waals surface area contributed by atoms with Crippen molar-refractivity contribution in [1.82, 2.24) is 4.90 Å². The quantitative estimate of drug-likeness (QED) is 0.778. The average molecular weight is 365 g/mol. The van der Waals surface area contributed by atoms with E-state index >= 15 is 0 Å². The van der Waals surface area contributed by atoms with Gasteiger partial charge in [-0.1, -0.05) is 6.07 Å². The summed E-state index contributed by atoms with van der Waals surface area (Å²) in [6.07, 6.45) is 2.35. The first-order valence-electron chi connectivity index (χ1n) is 8.80. The van der Waals surface area contributed by atoms with E-state index in [-0.39, 0.29) is 17.8 Å². The molecule has 0 spiro atoms. The first-order chi connectivity index (χ1) is 12.2. The molecule has 0 aromatic heterocycles. The van der Waals surface area contributed by atoms with Crippen LogP contribution in [0.5, 0.6) is 11.5 Å². The topological polar surface area (TPSA) is 48.0 Å². The van der Waals surface area contributed by atoms with Crippen LogP contribution in [0, 0.1) is 5.92 Å². The molecule has 0 saturated carbocycles. The molecule has 1 aromatic rings. The lowest BCUT2D eigenvalue weighted by molar-refractivity contribution is 0.0189. The summed E-state index contributed by atoms with van der Waals surface area (Å²) in [6.45, 7) is 6.50. The lowest BCUT2D eigenvalue weighted by Gasteiger charge is -2.33. The van der Waals surface area contributed by atoms with E-state index in [0.29, 0.717) is 37.4 Å². The second kappa shape index (κ2) is 8.43. The first kappa shape index (κ1) is 20.1. The Morgan fingerprint density at radius 1 is 1.15 bits per heavy atom. The maximum Gasteiger partial charge on any atom is 0.410 e. The molecular formula is C20H28FNO4. The van der Waals surface area contributed by atoms with Gasteiger partial charge in [0.15, 0.2) is 11.5 Å². The minimum absolute atomic E-state index is 0.180. The van der Waals surface area contributed by atoms with Crippen LogP contribution in [0.1, 0.15) is 39.2 Å². The molecule has 6 heteroatoms. The Morgan fingerprint density at radius 3 is 2.31 bits per heavy atom. The van der Waals surface area contributed by atoms with E-state index in [1.165, 1.54) is 6.08 Å². The molecule has 1 heterocycles. The Labute approximate surface area is 154 Å². The average Bonchev–Trinajstić information content (AvgIpc) is 2.60. The van der Waals surface area contributed by atoms with E-state index in [2.05, 4.69) is 0 Å². The molecule has 1 aliphatic rings. The zero-order valence-corrected chi connectivity index (χ0v) is 16.2. The van der Waals surface area contributed by atoms with Crippen molar-refractivity contribution in [1.29, 1.82) is 0 Å². The molecule has 0 unspecified atom stereocenters. The monoisotopic (exact) mass is 365 g/mol. The van der Waals surface area contributed by atoms with E-state index in [1.807, 2.05) is 20.8 Å². The van der Waals surface area contributed by atoms with Crippen LogP contribution in [0.4, 0.5) is 9.18 Å². The van der Waals surface area contributed by atoms with Gasteiger partial charge in [0.25, 0.3) is 0 Å². The van der Waals surface area contributed by atoms with Crippen LogP contribution in [0.3, 0.4) is 0 Å². The fraction of sp³-hybridized carbons (Fsp3) is 0.550. The van der Waals surface area contributed by atoms with Crippen molar-refractivity contribution in [3.05, 3.63) is 29.6 Å². The van der Waals surface area contributed by atoms with E-state index in [4.69, 9.17) is 14.2 Å². The Bertz CT molecular complexity index is 658. The summed E-state index contributed by atoms with van der Waals surface area (Å²) >= 11 is 0. The van der Waals surface area contributed by atoms with Gasteiger partial charge in [0.2, 0.25) is 0 Å². The number of methoxy groups -OCH3 is 2. The predicted octanol–water partition coefficient (Wildman–Crippen LogP) is 4.66. The van der Waals surface area contributed by atoms with Gasteiger partial charge in [-0.3, -0.25) is 0 Å². The third kappa shape index (κ3) is 5.38. The summed E-state index contributed by atoms with van der Waals surface area (Å²) in [6, 6.07) is 5.29. The molecule has 1 aromatic carbocycles. The molecule has 5 nitrogen and oxygen atoms in total. The highest BCUT2D eigenvalue weighted by Crippen LogP contribution is 2.31.